The van der Waals surface area contributed by atoms with E-state index in [9.17, 15) is 4.79 Å². The van der Waals surface area contributed by atoms with E-state index in [0.717, 1.165) is 12.0 Å². The molecule has 3 rings (SSSR count). The van der Waals surface area contributed by atoms with Crippen molar-refractivity contribution in [1.82, 2.24) is 5.32 Å². The van der Waals surface area contributed by atoms with Crippen LogP contribution in [0, 0.1) is 0 Å². The molecule has 4 nitrogen and oxygen atoms in total. The lowest BCUT2D eigenvalue weighted by atomic mass is 10.0. The summed E-state index contributed by atoms with van der Waals surface area (Å²) in [7, 11) is 1.60. The first kappa shape index (κ1) is 17.3. The van der Waals surface area contributed by atoms with E-state index < -0.39 is 6.10 Å². The lowest BCUT2D eigenvalue weighted by Crippen LogP contribution is -2.37. The summed E-state index contributed by atoms with van der Waals surface area (Å²) in [6, 6.07) is 13.7. The Morgan fingerprint density at radius 3 is 2.60 bits per heavy atom. The fourth-order valence-corrected chi connectivity index (χ4v) is 3.21. The van der Waals surface area contributed by atoms with E-state index in [4.69, 9.17) is 9.47 Å². The number of carbonyl (C=O) groups excluding carboxylic acids is 1. The number of nitrogens with one attached hydrogen (secondary N) is 1. The van der Waals surface area contributed by atoms with Crippen molar-refractivity contribution in [2.24, 2.45) is 0 Å². The van der Waals surface area contributed by atoms with Gasteiger partial charge < -0.3 is 14.8 Å². The van der Waals surface area contributed by atoms with Crippen LogP contribution in [-0.4, -0.2) is 19.1 Å². The average molecular weight is 339 g/mol. The lowest BCUT2D eigenvalue weighted by molar-refractivity contribution is -0.127. The van der Waals surface area contributed by atoms with Gasteiger partial charge in [-0.15, -0.1) is 0 Å². The molecule has 25 heavy (non-hydrogen) atoms. The van der Waals surface area contributed by atoms with Gasteiger partial charge in [0.1, 0.15) is 11.5 Å². The predicted molar refractivity (Wildman–Crippen MR) is 98.1 cm³/mol. The van der Waals surface area contributed by atoms with E-state index >= 15 is 0 Å². The SMILES string of the molecule is COc1cccc(O[C@@H](C)C(=O)N[C@@H](C)c2ccc3c(c2)CCC3)c1. The van der Waals surface area contributed by atoms with Crippen molar-refractivity contribution in [2.45, 2.75) is 45.3 Å². The molecule has 1 amide bonds. The second kappa shape index (κ2) is 7.60. The topological polar surface area (TPSA) is 47.6 Å². The normalized spacial score (nSPS) is 15.2. The first-order chi connectivity index (χ1) is 12.1. The maximum Gasteiger partial charge on any atom is 0.261 e. The van der Waals surface area contributed by atoms with Crippen LogP contribution < -0.4 is 14.8 Å². The van der Waals surface area contributed by atoms with Crippen molar-refractivity contribution < 1.29 is 14.3 Å². The molecule has 2 aromatic rings. The fourth-order valence-electron chi connectivity index (χ4n) is 3.21. The highest BCUT2D eigenvalue weighted by Gasteiger charge is 2.19. The van der Waals surface area contributed by atoms with Gasteiger partial charge in [-0.3, -0.25) is 4.79 Å². The third kappa shape index (κ3) is 4.13. The van der Waals surface area contributed by atoms with E-state index in [1.54, 1.807) is 20.1 Å². The Kier molecular flexibility index (Phi) is 5.27. The largest absolute Gasteiger partial charge is 0.497 e. The third-order valence-electron chi connectivity index (χ3n) is 4.70. The van der Waals surface area contributed by atoms with E-state index in [-0.39, 0.29) is 11.9 Å². The van der Waals surface area contributed by atoms with Gasteiger partial charge in [-0.1, -0.05) is 24.3 Å². The molecule has 4 heteroatoms. The van der Waals surface area contributed by atoms with Gasteiger partial charge in [0.05, 0.1) is 13.2 Å². The van der Waals surface area contributed by atoms with E-state index in [1.165, 1.54) is 24.0 Å². The van der Waals surface area contributed by atoms with Crippen molar-refractivity contribution in [3.05, 3.63) is 59.2 Å². The Bertz CT molecular complexity index is 757. The molecule has 132 valence electrons. The maximum absolute atomic E-state index is 12.5. The molecule has 0 radical (unpaired) electrons. The number of hydrogen-bond donors (Lipinski definition) is 1. The quantitative estimate of drug-likeness (QED) is 0.870. The van der Waals surface area contributed by atoms with Crippen LogP contribution in [0.1, 0.15) is 43.0 Å². The van der Waals surface area contributed by atoms with Crippen LogP contribution in [0.15, 0.2) is 42.5 Å². The van der Waals surface area contributed by atoms with Crippen LogP contribution in [-0.2, 0) is 17.6 Å². The highest BCUT2D eigenvalue weighted by atomic mass is 16.5. The smallest absolute Gasteiger partial charge is 0.261 e. The zero-order valence-corrected chi connectivity index (χ0v) is 15.0. The molecule has 0 heterocycles. The zero-order chi connectivity index (χ0) is 17.8. The van der Waals surface area contributed by atoms with Gasteiger partial charge in [0.2, 0.25) is 0 Å². The molecule has 1 N–H and O–H groups in total. The standard InChI is InChI=1S/C21H25NO3/c1-14(17-11-10-16-6-4-7-18(16)12-17)22-21(23)15(2)25-20-9-5-8-19(13-20)24-3/h5,8-15H,4,6-7H2,1-3H3,(H,22,23)/t14-,15-/m0/s1. The Morgan fingerprint density at radius 2 is 1.80 bits per heavy atom. The molecule has 0 fully saturated rings. The number of benzene rings is 2. The summed E-state index contributed by atoms with van der Waals surface area (Å²) in [4.78, 5) is 12.5. The van der Waals surface area contributed by atoms with E-state index in [0.29, 0.717) is 11.5 Å². The summed E-state index contributed by atoms with van der Waals surface area (Å²) in [5, 5.41) is 3.04. The molecule has 0 aliphatic heterocycles. The predicted octanol–water partition coefficient (Wildman–Crippen LogP) is 3.83. The molecule has 2 aromatic carbocycles. The minimum atomic E-state index is -0.580. The summed E-state index contributed by atoms with van der Waals surface area (Å²) in [6.45, 7) is 3.76. The van der Waals surface area contributed by atoms with Crippen LogP contribution in [0.3, 0.4) is 0 Å². The van der Waals surface area contributed by atoms with Crippen LogP contribution in [0.2, 0.25) is 0 Å². The number of rotatable bonds is 6. The Balaban J connectivity index is 1.60. The van der Waals surface area contributed by atoms with Gasteiger partial charge in [-0.25, -0.2) is 0 Å². The van der Waals surface area contributed by atoms with Gasteiger partial charge in [0.25, 0.3) is 5.91 Å². The molecular weight excluding hydrogens is 314 g/mol. The highest BCUT2D eigenvalue weighted by Crippen LogP contribution is 2.25. The Hall–Kier alpha value is -2.49. The minimum Gasteiger partial charge on any atom is -0.497 e. The maximum atomic E-state index is 12.5. The molecule has 1 aliphatic carbocycles. The van der Waals surface area contributed by atoms with Crippen LogP contribution in [0.4, 0.5) is 0 Å². The summed E-state index contributed by atoms with van der Waals surface area (Å²) in [6.07, 6.45) is 2.95. The van der Waals surface area contributed by atoms with Gasteiger partial charge in [-0.05, 0) is 61.9 Å². The first-order valence-electron chi connectivity index (χ1n) is 8.79. The van der Waals surface area contributed by atoms with Gasteiger partial charge >= 0.3 is 0 Å². The fraction of sp³-hybridized carbons (Fsp3) is 0.381. The number of ether oxygens (including phenoxy) is 2. The summed E-state index contributed by atoms with van der Waals surface area (Å²) >= 11 is 0. The molecule has 0 aromatic heterocycles. The highest BCUT2D eigenvalue weighted by molar-refractivity contribution is 5.81. The van der Waals surface area contributed by atoms with Crippen LogP contribution in [0.5, 0.6) is 11.5 Å². The second-order valence-electron chi connectivity index (χ2n) is 6.55. The van der Waals surface area contributed by atoms with Crippen molar-refractivity contribution in [1.29, 1.82) is 0 Å². The minimum absolute atomic E-state index is 0.0465. The first-order valence-corrected chi connectivity index (χ1v) is 8.79. The van der Waals surface area contributed by atoms with Crippen molar-refractivity contribution in [3.8, 4) is 11.5 Å². The molecule has 0 spiro atoms. The summed E-state index contributed by atoms with van der Waals surface area (Å²) in [5.74, 6) is 1.19. The summed E-state index contributed by atoms with van der Waals surface area (Å²) < 4.78 is 10.9. The van der Waals surface area contributed by atoms with Crippen molar-refractivity contribution in [3.63, 3.8) is 0 Å². The number of hydrogen-bond acceptors (Lipinski definition) is 3. The molecule has 1 aliphatic rings. The number of amides is 1. The third-order valence-corrected chi connectivity index (χ3v) is 4.70. The van der Waals surface area contributed by atoms with Crippen LogP contribution >= 0.6 is 0 Å². The Labute approximate surface area is 149 Å². The molecule has 0 saturated heterocycles. The van der Waals surface area contributed by atoms with E-state index in [2.05, 4.69) is 23.5 Å². The molecular formula is C21H25NO3. The van der Waals surface area contributed by atoms with Crippen molar-refractivity contribution in [2.75, 3.05) is 7.11 Å². The second-order valence-corrected chi connectivity index (χ2v) is 6.55. The molecule has 0 bridgehead atoms. The van der Waals surface area contributed by atoms with Gasteiger partial charge in [0, 0.05) is 6.07 Å². The number of aryl methyl sites for hydroxylation is 2. The zero-order valence-electron chi connectivity index (χ0n) is 15.0. The Morgan fingerprint density at radius 1 is 1.04 bits per heavy atom. The van der Waals surface area contributed by atoms with Crippen molar-refractivity contribution >= 4 is 5.91 Å². The average Bonchev–Trinajstić information content (AvgIpc) is 3.09. The number of carbonyl (C=O) groups is 1. The number of methoxy groups -OCH3 is 1. The molecule has 0 saturated carbocycles. The lowest BCUT2D eigenvalue weighted by Gasteiger charge is -2.20. The molecule has 2 atom stereocenters. The van der Waals surface area contributed by atoms with Gasteiger partial charge in [0.15, 0.2) is 6.10 Å². The molecule has 0 unspecified atom stereocenters. The van der Waals surface area contributed by atoms with Gasteiger partial charge in [-0.2, -0.15) is 0 Å². The van der Waals surface area contributed by atoms with E-state index in [1.807, 2.05) is 25.1 Å². The van der Waals surface area contributed by atoms with Crippen LogP contribution in [0.25, 0.3) is 0 Å². The number of fused-ring (bicyclic) bond motifs is 1. The summed E-state index contributed by atoms with van der Waals surface area (Å²) in [5.41, 5.74) is 4.00. The monoisotopic (exact) mass is 339 g/mol.